The molecule has 0 N–H and O–H groups in total. The standard InChI is InChI=1S/C44H23N3O2/c45-24-26-6-5-7-28(18-26)30-20-31(29-13-17-42-37(23-29)36-19-27(25-46)12-16-41(36)48-42)22-32(21-30)47-38-10-3-1-9-35(38)43-39(47)15-14-34-33-8-2-4-11-40(33)49-44(34)43/h1-23H. The summed E-state index contributed by atoms with van der Waals surface area (Å²) >= 11 is 0. The lowest BCUT2D eigenvalue weighted by Gasteiger charge is -2.14. The second kappa shape index (κ2) is 10.2. The first-order valence-corrected chi connectivity index (χ1v) is 16.0. The third-order valence-electron chi connectivity index (χ3n) is 9.61. The highest BCUT2D eigenvalue weighted by molar-refractivity contribution is 6.24. The van der Waals surface area contributed by atoms with Gasteiger partial charge in [-0.15, -0.1) is 0 Å². The Balaban J connectivity index is 1.28. The van der Waals surface area contributed by atoms with Crippen LogP contribution in [0.3, 0.4) is 0 Å². The number of benzene rings is 7. The monoisotopic (exact) mass is 625 g/mol. The van der Waals surface area contributed by atoms with Crippen molar-refractivity contribution in [2.45, 2.75) is 0 Å². The maximum Gasteiger partial charge on any atom is 0.145 e. The lowest BCUT2D eigenvalue weighted by Crippen LogP contribution is -1.96. The van der Waals surface area contributed by atoms with Crippen molar-refractivity contribution in [3.05, 3.63) is 151 Å². The van der Waals surface area contributed by atoms with Crippen molar-refractivity contribution >= 4 is 65.7 Å². The Kier molecular flexibility index (Phi) is 5.64. The average Bonchev–Trinajstić information content (AvgIpc) is 3.83. The molecule has 0 fully saturated rings. The molecule has 7 aromatic carbocycles. The molecule has 10 aromatic rings. The first kappa shape index (κ1) is 27.1. The number of nitriles is 2. The minimum Gasteiger partial charge on any atom is -0.456 e. The molecule has 5 nitrogen and oxygen atoms in total. The maximum atomic E-state index is 9.73. The number of aromatic nitrogens is 1. The van der Waals surface area contributed by atoms with Crippen LogP contribution in [0.2, 0.25) is 0 Å². The summed E-state index contributed by atoms with van der Waals surface area (Å²) in [4.78, 5) is 0. The summed E-state index contributed by atoms with van der Waals surface area (Å²) in [5, 5.41) is 25.5. The SMILES string of the molecule is N#Cc1cccc(-c2cc(-c3ccc4oc5ccc(C#N)cc5c4c3)cc(-n3c4ccccc4c4c5oc6ccccc6c5ccc43)c2)c1. The van der Waals surface area contributed by atoms with E-state index in [9.17, 15) is 10.5 Å². The van der Waals surface area contributed by atoms with Gasteiger partial charge in [-0.1, -0.05) is 54.6 Å². The van der Waals surface area contributed by atoms with Gasteiger partial charge in [-0.05, 0) is 107 Å². The lowest BCUT2D eigenvalue weighted by molar-refractivity contribution is 0.669. The van der Waals surface area contributed by atoms with E-state index in [1.807, 2.05) is 60.7 Å². The Morgan fingerprint density at radius 3 is 1.96 bits per heavy atom. The third kappa shape index (κ3) is 4.04. The first-order chi connectivity index (χ1) is 24.2. The minimum absolute atomic E-state index is 0.590. The summed E-state index contributed by atoms with van der Waals surface area (Å²) in [6, 6.07) is 51.6. The molecule has 0 aliphatic heterocycles. The van der Waals surface area contributed by atoms with Crippen molar-refractivity contribution in [2.24, 2.45) is 0 Å². The third-order valence-corrected chi connectivity index (χ3v) is 9.61. The number of nitrogens with zero attached hydrogens (tertiary/aromatic N) is 3. The number of rotatable bonds is 3. The number of para-hydroxylation sites is 2. The second-order valence-corrected chi connectivity index (χ2v) is 12.4. The van der Waals surface area contributed by atoms with Crippen molar-refractivity contribution in [1.29, 1.82) is 10.5 Å². The Hall–Kier alpha value is -7.08. The molecule has 0 spiro atoms. The van der Waals surface area contributed by atoms with E-state index in [2.05, 4.69) is 89.5 Å². The molecular formula is C44H23N3O2. The topological polar surface area (TPSA) is 78.8 Å². The van der Waals surface area contributed by atoms with Gasteiger partial charge in [0.15, 0.2) is 0 Å². The molecule has 5 heteroatoms. The highest BCUT2D eigenvalue weighted by Crippen LogP contribution is 2.42. The van der Waals surface area contributed by atoms with E-state index >= 15 is 0 Å². The van der Waals surface area contributed by atoms with Gasteiger partial charge in [-0.2, -0.15) is 10.5 Å². The molecule has 0 aliphatic carbocycles. The van der Waals surface area contributed by atoms with Crippen LogP contribution in [0, 0.1) is 22.7 Å². The van der Waals surface area contributed by atoms with Gasteiger partial charge in [-0.3, -0.25) is 0 Å². The van der Waals surface area contributed by atoms with Gasteiger partial charge in [-0.25, -0.2) is 0 Å². The summed E-state index contributed by atoms with van der Waals surface area (Å²) in [6.07, 6.45) is 0. The first-order valence-electron chi connectivity index (χ1n) is 16.0. The van der Waals surface area contributed by atoms with Crippen molar-refractivity contribution < 1.29 is 8.83 Å². The molecular weight excluding hydrogens is 603 g/mol. The highest BCUT2D eigenvalue weighted by atomic mass is 16.3. The van der Waals surface area contributed by atoms with Crippen LogP contribution in [-0.2, 0) is 0 Å². The maximum absolute atomic E-state index is 9.73. The summed E-state index contributed by atoms with van der Waals surface area (Å²) in [7, 11) is 0. The van der Waals surface area contributed by atoms with E-state index in [4.69, 9.17) is 8.83 Å². The van der Waals surface area contributed by atoms with Crippen LogP contribution >= 0.6 is 0 Å². The summed E-state index contributed by atoms with van der Waals surface area (Å²) in [6.45, 7) is 0. The molecule has 0 aliphatic rings. The van der Waals surface area contributed by atoms with E-state index in [-0.39, 0.29) is 0 Å². The quantitative estimate of drug-likeness (QED) is 0.196. The fourth-order valence-electron chi connectivity index (χ4n) is 7.38. The van der Waals surface area contributed by atoms with Crippen LogP contribution in [0.15, 0.2) is 148 Å². The predicted octanol–water partition coefficient (Wildman–Crippen LogP) is 11.7. The van der Waals surface area contributed by atoms with Crippen molar-refractivity contribution in [3.63, 3.8) is 0 Å². The minimum atomic E-state index is 0.590. The molecule has 10 rings (SSSR count). The zero-order valence-electron chi connectivity index (χ0n) is 25.9. The predicted molar refractivity (Wildman–Crippen MR) is 196 cm³/mol. The van der Waals surface area contributed by atoms with E-state index in [0.717, 1.165) is 93.6 Å². The zero-order valence-corrected chi connectivity index (χ0v) is 25.9. The largest absolute Gasteiger partial charge is 0.456 e. The van der Waals surface area contributed by atoms with Crippen LogP contribution in [0.1, 0.15) is 11.1 Å². The molecule has 0 amide bonds. The summed E-state index contributed by atoms with van der Waals surface area (Å²) in [5.41, 5.74) is 11.5. The molecule has 0 saturated heterocycles. The molecule has 3 heterocycles. The molecule has 0 saturated carbocycles. The van der Waals surface area contributed by atoms with Gasteiger partial charge < -0.3 is 13.4 Å². The Labute approximate surface area is 279 Å². The number of hydrogen-bond acceptors (Lipinski definition) is 4. The molecule has 0 bridgehead atoms. The fraction of sp³-hybridized carbons (Fsp3) is 0. The van der Waals surface area contributed by atoms with E-state index in [1.165, 1.54) is 0 Å². The smallest absolute Gasteiger partial charge is 0.145 e. The molecule has 49 heavy (non-hydrogen) atoms. The molecule has 0 atom stereocenters. The van der Waals surface area contributed by atoms with Gasteiger partial charge >= 0.3 is 0 Å². The second-order valence-electron chi connectivity index (χ2n) is 12.4. The van der Waals surface area contributed by atoms with Gasteiger partial charge in [0.25, 0.3) is 0 Å². The summed E-state index contributed by atoms with van der Waals surface area (Å²) in [5.74, 6) is 0. The highest BCUT2D eigenvalue weighted by Gasteiger charge is 2.20. The Morgan fingerprint density at radius 2 is 1.12 bits per heavy atom. The number of hydrogen-bond donors (Lipinski definition) is 0. The van der Waals surface area contributed by atoms with Crippen molar-refractivity contribution in [2.75, 3.05) is 0 Å². The van der Waals surface area contributed by atoms with E-state index < -0.39 is 0 Å². The normalized spacial score (nSPS) is 11.6. The number of furan rings is 2. The van der Waals surface area contributed by atoms with E-state index in [0.29, 0.717) is 11.1 Å². The van der Waals surface area contributed by atoms with Crippen molar-refractivity contribution in [3.8, 4) is 40.1 Å². The van der Waals surface area contributed by atoms with Gasteiger partial charge in [0.2, 0.25) is 0 Å². The molecule has 0 radical (unpaired) electrons. The van der Waals surface area contributed by atoms with Crippen molar-refractivity contribution in [1.82, 2.24) is 4.57 Å². The molecule has 226 valence electrons. The van der Waals surface area contributed by atoms with Crippen LogP contribution in [0.5, 0.6) is 0 Å². The van der Waals surface area contributed by atoms with Crippen LogP contribution in [-0.4, -0.2) is 4.57 Å². The Bertz CT molecular complexity index is 3090. The van der Waals surface area contributed by atoms with Gasteiger partial charge in [0.1, 0.15) is 22.3 Å². The molecule has 3 aromatic heterocycles. The van der Waals surface area contributed by atoms with Gasteiger partial charge in [0, 0.05) is 32.6 Å². The van der Waals surface area contributed by atoms with Gasteiger partial charge in [0.05, 0.1) is 39.7 Å². The van der Waals surface area contributed by atoms with Crippen LogP contribution < -0.4 is 0 Å². The average molecular weight is 626 g/mol. The van der Waals surface area contributed by atoms with Crippen LogP contribution in [0.25, 0.3) is 93.6 Å². The summed E-state index contributed by atoms with van der Waals surface area (Å²) < 4.78 is 15.0. The lowest BCUT2D eigenvalue weighted by atomic mass is 9.96. The van der Waals surface area contributed by atoms with E-state index in [1.54, 1.807) is 6.07 Å². The Morgan fingerprint density at radius 1 is 0.429 bits per heavy atom. The fourth-order valence-corrected chi connectivity index (χ4v) is 7.38. The van der Waals surface area contributed by atoms with Crippen LogP contribution in [0.4, 0.5) is 0 Å². The molecule has 0 unspecified atom stereocenters. The zero-order chi connectivity index (χ0) is 32.6. The number of fused-ring (bicyclic) bond motifs is 10.